The number of benzene rings is 1. The minimum absolute atomic E-state index is 0.0165. The van der Waals surface area contributed by atoms with Gasteiger partial charge in [-0.25, -0.2) is 4.39 Å². The van der Waals surface area contributed by atoms with E-state index in [0.29, 0.717) is 12.1 Å². The molecule has 0 unspecified atom stereocenters. The predicted octanol–water partition coefficient (Wildman–Crippen LogP) is 2.31. The number of halogens is 1. The largest absolute Gasteiger partial charge is 0.396 e. The Bertz CT molecular complexity index is 421. The van der Waals surface area contributed by atoms with E-state index in [2.05, 4.69) is 5.32 Å². The fraction of sp³-hybridized carbons (Fsp3) is 0.455. The van der Waals surface area contributed by atoms with Crippen LogP contribution in [0.3, 0.4) is 0 Å². The molecule has 0 aliphatic heterocycles. The van der Waals surface area contributed by atoms with Crippen molar-refractivity contribution in [3.8, 4) is 0 Å². The predicted molar refractivity (Wildman–Crippen MR) is 62.5 cm³/mol. The van der Waals surface area contributed by atoms with Crippen LogP contribution in [0, 0.1) is 15.9 Å². The van der Waals surface area contributed by atoms with Crippen molar-refractivity contribution in [3.63, 3.8) is 0 Å². The van der Waals surface area contributed by atoms with Gasteiger partial charge in [-0.05, 0) is 26.3 Å². The maximum atomic E-state index is 13.2. The summed E-state index contributed by atoms with van der Waals surface area (Å²) in [5.74, 6) is -0.665. The molecule has 0 atom stereocenters. The summed E-state index contributed by atoms with van der Waals surface area (Å²) in [7, 11) is 0. The summed E-state index contributed by atoms with van der Waals surface area (Å²) < 4.78 is 13.2. The van der Waals surface area contributed by atoms with Crippen LogP contribution < -0.4 is 5.32 Å². The third-order valence-electron chi connectivity index (χ3n) is 2.31. The molecule has 1 rings (SSSR count). The highest BCUT2D eigenvalue weighted by atomic mass is 19.1. The Balaban J connectivity index is 2.95. The number of nitro benzene ring substituents is 1. The molecule has 0 fully saturated rings. The standard InChI is InChI=1S/C11H15FN2O3/c1-11(2,3-4-15)13-9-5-8(12)6-10(7-9)14(16)17/h5-7,13,15H,3-4H2,1-2H3. The van der Waals surface area contributed by atoms with Crippen LogP contribution in [0.15, 0.2) is 18.2 Å². The zero-order chi connectivity index (χ0) is 13.1. The topological polar surface area (TPSA) is 75.4 Å². The maximum absolute atomic E-state index is 13.2. The summed E-state index contributed by atoms with van der Waals surface area (Å²) in [4.78, 5) is 9.92. The van der Waals surface area contributed by atoms with E-state index in [4.69, 9.17) is 5.11 Å². The molecule has 0 aliphatic carbocycles. The van der Waals surface area contributed by atoms with Crippen LogP contribution in [-0.2, 0) is 0 Å². The number of nitrogens with zero attached hydrogens (tertiary/aromatic N) is 1. The van der Waals surface area contributed by atoms with Gasteiger partial charge < -0.3 is 10.4 Å². The molecule has 1 aromatic rings. The van der Waals surface area contributed by atoms with Crippen LogP contribution in [0.1, 0.15) is 20.3 Å². The van der Waals surface area contributed by atoms with Crippen LogP contribution in [0.2, 0.25) is 0 Å². The van der Waals surface area contributed by atoms with Crippen LogP contribution in [0.5, 0.6) is 0 Å². The van der Waals surface area contributed by atoms with Gasteiger partial charge in [-0.3, -0.25) is 10.1 Å². The molecule has 0 aliphatic rings. The number of aliphatic hydroxyl groups excluding tert-OH is 1. The number of rotatable bonds is 5. The molecule has 1 aromatic carbocycles. The van der Waals surface area contributed by atoms with Gasteiger partial charge in [-0.15, -0.1) is 0 Å². The van der Waals surface area contributed by atoms with Crippen molar-refractivity contribution in [3.05, 3.63) is 34.1 Å². The highest BCUT2D eigenvalue weighted by Gasteiger charge is 2.18. The molecule has 0 saturated heterocycles. The van der Waals surface area contributed by atoms with Gasteiger partial charge in [0.15, 0.2) is 0 Å². The van der Waals surface area contributed by atoms with Crippen LogP contribution in [0.4, 0.5) is 15.8 Å². The van der Waals surface area contributed by atoms with Gasteiger partial charge in [-0.1, -0.05) is 0 Å². The van der Waals surface area contributed by atoms with E-state index in [9.17, 15) is 14.5 Å². The van der Waals surface area contributed by atoms with Crippen molar-refractivity contribution in [2.45, 2.75) is 25.8 Å². The minimum Gasteiger partial charge on any atom is -0.396 e. The Morgan fingerprint density at radius 1 is 1.47 bits per heavy atom. The third kappa shape index (κ3) is 3.99. The van der Waals surface area contributed by atoms with Gasteiger partial charge in [0.05, 0.1) is 11.0 Å². The lowest BCUT2D eigenvalue weighted by Crippen LogP contribution is -2.31. The van der Waals surface area contributed by atoms with Gasteiger partial charge in [-0.2, -0.15) is 0 Å². The smallest absolute Gasteiger partial charge is 0.274 e. The van der Waals surface area contributed by atoms with E-state index >= 15 is 0 Å². The van der Waals surface area contributed by atoms with Crippen LogP contribution in [0.25, 0.3) is 0 Å². The van der Waals surface area contributed by atoms with E-state index in [0.717, 1.165) is 6.07 Å². The highest BCUT2D eigenvalue weighted by molar-refractivity contribution is 5.52. The number of anilines is 1. The van der Waals surface area contributed by atoms with Crippen molar-refractivity contribution in [2.75, 3.05) is 11.9 Å². The summed E-state index contributed by atoms with van der Waals surface area (Å²) in [5.41, 5.74) is -0.432. The quantitative estimate of drug-likeness (QED) is 0.613. The average Bonchev–Trinajstić information content (AvgIpc) is 2.15. The van der Waals surface area contributed by atoms with E-state index in [1.165, 1.54) is 12.1 Å². The second-order valence-corrected chi connectivity index (χ2v) is 4.44. The number of hydrogen-bond donors (Lipinski definition) is 2. The lowest BCUT2D eigenvalue weighted by molar-refractivity contribution is -0.385. The summed E-state index contributed by atoms with van der Waals surface area (Å²) in [6, 6.07) is 3.32. The molecule has 0 radical (unpaired) electrons. The molecule has 17 heavy (non-hydrogen) atoms. The van der Waals surface area contributed by atoms with Gasteiger partial charge >= 0.3 is 0 Å². The maximum Gasteiger partial charge on any atom is 0.274 e. The Labute approximate surface area is 98.4 Å². The first kappa shape index (κ1) is 13.4. The number of nitro groups is 1. The second kappa shape index (κ2) is 5.09. The monoisotopic (exact) mass is 242 g/mol. The highest BCUT2D eigenvalue weighted by Crippen LogP contribution is 2.23. The minimum atomic E-state index is -0.665. The molecule has 2 N–H and O–H groups in total. The molecule has 0 bridgehead atoms. The summed E-state index contributed by atoms with van der Waals surface area (Å²) in [6.45, 7) is 3.62. The van der Waals surface area contributed by atoms with Crippen molar-refractivity contribution < 1.29 is 14.4 Å². The van der Waals surface area contributed by atoms with Gasteiger partial charge in [0, 0.05) is 23.9 Å². The normalized spacial score (nSPS) is 11.3. The van der Waals surface area contributed by atoms with Crippen LogP contribution in [-0.4, -0.2) is 22.2 Å². The zero-order valence-corrected chi connectivity index (χ0v) is 9.74. The second-order valence-electron chi connectivity index (χ2n) is 4.44. The molecular formula is C11H15FN2O3. The SMILES string of the molecule is CC(C)(CCO)Nc1cc(F)cc([N+](=O)[O-])c1. The number of nitrogens with one attached hydrogen (secondary N) is 1. The molecule has 5 nitrogen and oxygen atoms in total. The summed E-state index contributed by atoms with van der Waals surface area (Å²) in [5, 5.41) is 22.4. The zero-order valence-electron chi connectivity index (χ0n) is 9.74. The number of hydrogen-bond acceptors (Lipinski definition) is 4. The Kier molecular flexibility index (Phi) is 4.01. The Morgan fingerprint density at radius 3 is 2.65 bits per heavy atom. The molecular weight excluding hydrogens is 227 g/mol. The number of non-ortho nitro benzene ring substituents is 1. The average molecular weight is 242 g/mol. The molecule has 0 amide bonds. The molecule has 0 saturated carbocycles. The summed E-state index contributed by atoms with van der Waals surface area (Å²) >= 11 is 0. The van der Waals surface area contributed by atoms with Crippen molar-refractivity contribution in [2.24, 2.45) is 0 Å². The Morgan fingerprint density at radius 2 is 2.12 bits per heavy atom. The van der Waals surface area contributed by atoms with Crippen molar-refractivity contribution >= 4 is 11.4 Å². The molecule has 94 valence electrons. The van der Waals surface area contributed by atoms with Crippen LogP contribution >= 0.6 is 0 Å². The molecule has 0 spiro atoms. The number of aliphatic hydroxyl groups is 1. The lowest BCUT2D eigenvalue weighted by Gasteiger charge is -2.26. The van der Waals surface area contributed by atoms with Crippen molar-refractivity contribution in [1.29, 1.82) is 0 Å². The Hall–Kier alpha value is -1.69. The van der Waals surface area contributed by atoms with E-state index < -0.39 is 16.3 Å². The van der Waals surface area contributed by atoms with Gasteiger partial charge in [0.2, 0.25) is 0 Å². The molecule has 6 heteroatoms. The van der Waals surface area contributed by atoms with E-state index in [1.807, 2.05) is 13.8 Å². The van der Waals surface area contributed by atoms with Gasteiger partial charge in [0.1, 0.15) is 5.82 Å². The first-order valence-corrected chi connectivity index (χ1v) is 5.18. The third-order valence-corrected chi connectivity index (χ3v) is 2.31. The van der Waals surface area contributed by atoms with Crippen molar-refractivity contribution in [1.82, 2.24) is 0 Å². The van der Waals surface area contributed by atoms with Gasteiger partial charge in [0.25, 0.3) is 5.69 Å². The lowest BCUT2D eigenvalue weighted by atomic mass is 10.0. The molecule has 0 heterocycles. The fourth-order valence-electron chi connectivity index (χ4n) is 1.48. The first-order valence-electron chi connectivity index (χ1n) is 5.18. The molecule has 0 aromatic heterocycles. The van der Waals surface area contributed by atoms with E-state index in [1.54, 1.807) is 0 Å². The van der Waals surface area contributed by atoms with E-state index in [-0.39, 0.29) is 12.3 Å². The summed E-state index contributed by atoms with van der Waals surface area (Å²) in [6.07, 6.45) is 0.456. The fourth-order valence-corrected chi connectivity index (χ4v) is 1.48. The first-order chi connectivity index (χ1) is 7.84.